The van der Waals surface area contributed by atoms with E-state index in [0.717, 1.165) is 156 Å². The van der Waals surface area contributed by atoms with Crippen LogP contribution >= 0.6 is 0 Å². The van der Waals surface area contributed by atoms with E-state index in [1.807, 2.05) is 85.0 Å². The first kappa shape index (κ1) is 57.4. The predicted octanol–water partition coefficient (Wildman–Crippen LogP) is 20.5. The van der Waals surface area contributed by atoms with Gasteiger partial charge in [-0.2, -0.15) is 0 Å². The van der Waals surface area contributed by atoms with Crippen LogP contribution in [0.3, 0.4) is 0 Å². The second kappa shape index (κ2) is 25.1. The molecule has 0 saturated carbocycles. The predicted molar refractivity (Wildman–Crippen MR) is 392 cm³/mol. The molecule has 95 heavy (non-hydrogen) atoms. The molecular weight excluding hydrogens is 1160 g/mol. The standard InChI is InChI=1S/C85H60N8O2/c1-54(21-20-34-61-63-36-40-67(86-63)80(55-22-8-2-9-23-55)71-44-48-75(90-71)84(59-30-16-6-17-31-59)76-49-45-72(91-76)81(56-24-10-3-11-25-56)68-41-37-64(61)87-68)53-95-79(94)52-35-62-65-38-42-69(88-65)82(57-26-12-4-13-27-57)73-46-50-77(92-73)85(60-32-18-7-19-33-60)78-51-47-74(93-78)83(58-28-14-5-15-29-58)70-43-39-66(62)89-70/h2-33,35-52,86,88,91,93H,1,34,53H2/b21-20-,52-35+,63-61?,64-61?,65-62?,66-62?,80-67?,80-71?,81-68?,81-72?,82-69?,82-73?,83-70?,83-74?,84-75?,84-76?,85-77?,85-78?. The number of hydrogen-bond acceptors (Lipinski definition) is 6. The van der Waals surface area contributed by atoms with E-state index in [1.54, 1.807) is 6.08 Å². The summed E-state index contributed by atoms with van der Waals surface area (Å²) in [5.74, 6) is -0.534. The molecule has 0 unspecified atom stereocenters. The van der Waals surface area contributed by atoms with Crippen molar-refractivity contribution in [2.75, 3.05) is 6.61 Å². The van der Waals surface area contributed by atoms with Gasteiger partial charge in [0.15, 0.2) is 0 Å². The highest BCUT2D eigenvalue weighted by molar-refractivity contribution is 6.01. The summed E-state index contributed by atoms with van der Waals surface area (Å²) in [4.78, 5) is 50.9. The molecule has 10 nitrogen and oxygen atoms in total. The van der Waals surface area contributed by atoms with Crippen LogP contribution in [0.4, 0.5) is 0 Å². The Kier molecular flexibility index (Phi) is 15.2. The zero-order chi connectivity index (χ0) is 63.6. The molecule has 10 heteroatoms. The maximum absolute atomic E-state index is 14.1. The highest BCUT2D eigenvalue weighted by Gasteiger charge is 2.21. The lowest BCUT2D eigenvalue weighted by molar-refractivity contribution is -0.136. The Morgan fingerprint density at radius 2 is 0.600 bits per heavy atom. The second-order valence-corrected chi connectivity index (χ2v) is 23.5. The molecule has 0 aliphatic carbocycles. The van der Waals surface area contributed by atoms with Gasteiger partial charge in [-0.25, -0.2) is 24.7 Å². The lowest BCUT2D eigenvalue weighted by Crippen LogP contribution is -2.03. The van der Waals surface area contributed by atoms with E-state index in [1.165, 1.54) is 6.08 Å². The van der Waals surface area contributed by atoms with Crippen molar-refractivity contribution >= 4 is 105 Å². The lowest BCUT2D eigenvalue weighted by atomic mass is 10.0. The van der Waals surface area contributed by atoms with Gasteiger partial charge in [0, 0.05) is 94.7 Å². The largest absolute Gasteiger partial charge is 0.458 e. The smallest absolute Gasteiger partial charge is 0.331 e. The molecular formula is C85H60N8O2. The number of esters is 1. The van der Waals surface area contributed by atoms with E-state index in [2.05, 4.69) is 233 Å². The number of rotatable bonds is 13. The normalized spacial score (nSPS) is 12.3. The topological polar surface area (TPSA) is 141 Å². The number of H-pyrrole nitrogens is 4. The third-order valence-electron chi connectivity index (χ3n) is 17.5. The minimum atomic E-state index is -0.534. The Hall–Kier alpha value is -12.8. The van der Waals surface area contributed by atoms with Crippen LogP contribution < -0.4 is 0 Å². The van der Waals surface area contributed by atoms with Gasteiger partial charge < -0.3 is 24.7 Å². The van der Waals surface area contributed by atoms with Crippen LogP contribution in [0.1, 0.15) is 56.7 Å². The number of nitrogens with zero attached hydrogens (tertiary/aromatic N) is 4. The van der Waals surface area contributed by atoms with E-state index in [-0.39, 0.29) is 6.61 Å². The van der Waals surface area contributed by atoms with Crippen LogP contribution in [0, 0.1) is 0 Å². The fourth-order valence-corrected chi connectivity index (χ4v) is 13.1. The first-order valence-electron chi connectivity index (χ1n) is 31.7. The minimum Gasteiger partial charge on any atom is -0.458 e. The van der Waals surface area contributed by atoms with Crippen molar-refractivity contribution < 1.29 is 9.53 Å². The SMILES string of the molecule is C=C(/C=C\Cc1c2nc(c(-c3ccccc3)c3ccc([nH]3)c(-c3ccccc3)c3nc(c(-c4ccccc4)c4ccc1[nH]4)C=C3)C=C2)COC(=O)/C=C/c1c2nc(c(-c3ccccc3)c3ccc([nH]3)c(-c3ccccc3)c3nc(c(-c4ccccc4)c4ccc1[nH]4)C=C3)C=C2. The van der Waals surface area contributed by atoms with Gasteiger partial charge in [0.25, 0.3) is 0 Å². The third-order valence-corrected chi connectivity index (χ3v) is 17.5. The Bertz CT molecular complexity index is 5500. The molecule has 10 heterocycles. The van der Waals surface area contributed by atoms with Crippen molar-refractivity contribution in [3.05, 3.63) is 318 Å². The van der Waals surface area contributed by atoms with Crippen molar-refractivity contribution in [3.63, 3.8) is 0 Å². The molecule has 12 aromatic rings. The Labute approximate surface area is 548 Å². The maximum Gasteiger partial charge on any atom is 0.331 e. The summed E-state index contributed by atoms with van der Waals surface area (Å²) in [6.07, 6.45) is 24.3. The van der Waals surface area contributed by atoms with Gasteiger partial charge >= 0.3 is 5.97 Å². The van der Waals surface area contributed by atoms with Crippen LogP contribution in [0.2, 0.25) is 0 Å². The number of aromatic nitrogens is 8. The molecule has 6 aromatic carbocycles. The van der Waals surface area contributed by atoms with Crippen molar-refractivity contribution in [1.29, 1.82) is 0 Å². The van der Waals surface area contributed by atoms with E-state index in [9.17, 15) is 4.79 Å². The molecule has 0 amide bonds. The van der Waals surface area contributed by atoms with Crippen molar-refractivity contribution in [1.82, 2.24) is 39.9 Å². The van der Waals surface area contributed by atoms with Crippen LogP contribution in [0.25, 0.3) is 166 Å². The first-order valence-corrected chi connectivity index (χ1v) is 31.7. The van der Waals surface area contributed by atoms with E-state index >= 15 is 0 Å². The number of nitrogens with one attached hydrogen (secondary N) is 4. The molecule has 0 radical (unpaired) electrons. The number of carbonyl (C=O) groups excluding carboxylic acids is 1. The molecule has 0 saturated heterocycles. The van der Waals surface area contributed by atoms with Gasteiger partial charge in [0.2, 0.25) is 0 Å². The summed E-state index contributed by atoms with van der Waals surface area (Å²) in [6, 6.07) is 79.1. The monoisotopic (exact) mass is 1220 g/mol. The van der Waals surface area contributed by atoms with Crippen molar-refractivity contribution in [3.8, 4) is 66.8 Å². The quantitative estimate of drug-likeness (QED) is 0.0515. The van der Waals surface area contributed by atoms with E-state index in [4.69, 9.17) is 24.7 Å². The number of benzene rings is 6. The summed E-state index contributed by atoms with van der Waals surface area (Å²) in [6.45, 7) is 4.32. The van der Waals surface area contributed by atoms with Crippen LogP contribution in [-0.2, 0) is 16.0 Å². The first-order chi connectivity index (χ1) is 46.9. The van der Waals surface area contributed by atoms with Gasteiger partial charge in [-0.3, -0.25) is 0 Å². The average Bonchev–Trinajstić information content (AvgIpc) is 1.67. The molecule has 6 aromatic heterocycles. The summed E-state index contributed by atoms with van der Waals surface area (Å²) >= 11 is 0. The second-order valence-electron chi connectivity index (χ2n) is 23.5. The number of fused-ring (bicyclic) bond motifs is 16. The Balaban J connectivity index is 0.761. The van der Waals surface area contributed by atoms with E-state index < -0.39 is 5.97 Å². The lowest BCUT2D eigenvalue weighted by Gasteiger charge is -2.06. The summed E-state index contributed by atoms with van der Waals surface area (Å²) < 4.78 is 5.98. The van der Waals surface area contributed by atoms with Gasteiger partial charge in [-0.05, 0) is 149 Å². The average molecular weight is 1230 g/mol. The van der Waals surface area contributed by atoms with Crippen molar-refractivity contribution in [2.24, 2.45) is 0 Å². The Morgan fingerprint density at radius 1 is 0.326 bits per heavy atom. The van der Waals surface area contributed by atoms with Gasteiger partial charge in [-0.15, -0.1) is 0 Å². The number of carbonyl (C=O) groups is 1. The van der Waals surface area contributed by atoms with Crippen LogP contribution in [0.15, 0.2) is 261 Å². The van der Waals surface area contributed by atoms with Crippen LogP contribution in [0.5, 0.6) is 0 Å². The summed E-state index contributed by atoms with van der Waals surface area (Å²) in [5, 5.41) is 0. The zero-order valence-electron chi connectivity index (χ0n) is 51.6. The summed E-state index contributed by atoms with van der Waals surface area (Å²) in [5.41, 5.74) is 27.7. The molecule has 16 rings (SSSR count). The molecule has 0 atom stereocenters. The number of ether oxygens (including phenoxy) is 1. The van der Waals surface area contributed by atoms with Gasteiger partial charge in [-0.1, -0.05) is 201 Å². The van der Waals surface area contributed by atoms with Gasteiger partial charge in [0.05, 0.1) is 45.6 Å². The van der Waals surface area contributed by atoms with E-state index in [0.29, 0.717) is 23.3 Å². The number of aromatic amines is 4. The van der Waals surface area contributed by atoms with Crippen LogP contribution in [-0.4, -0.2) is 52.4 Å². The summed E-state index contributed by atoms with van der Waals surface area (Å²) in [7, 11) is 0. The highest BCUT2D eigenvalue weighted by Crippen LogP contribution is 2.40. The maximum atomic E-state index is 14.1. The number of allylic oxidation sites excluding steroid dienone is 1. The molecule has 0 spiro atoms. The minimum absolute atomic E-state index is 0.0385. The molecule has 16 bridgehead atoms. The highest BCUT2D eigenvalue weighted by atomic mass is 16.5. The zero-order valence-corrected chi connectivity index (χ0v) is 51.6. The number of hydrogen-bond donors (Lipinski definition) is 4. The third kappa shape index (κ3) is 11.4. The molecule has 4 N–H and O–H groups in total. The molecule has 0 fully saturated rings. The van der Waals surface area contributed by atoms with Crippen molar-refractivity contribution in [2.45, 2.75) is 6.42 Å². The molecule has 4 aliphatic heterocycles. The van der Waals surface area contributed by atoms with Gasteiger partial charge in [0.1, 0.15) is 6.61 Å². The Morgan fingerprint density at radius 3 is 0.958 bits per heavy atom. The fourth-order valence-electron chi connectivity index (χ4n) is 13.1. The molecule has 452 valence electrons. The fraction of sp³-hybridized carbons (Fsp3) is 0.0235. The molecule has 4 aliphatic rings.